The number of anilines is 1. The highest BCUT2D eigenvalue weighted by Crippen LogP contribution is 2.29. The SMILES string of the molecule is NC(=O)CC1CCN(c2ccnc(-c3cnc4cnc(C(F)(F)F)cn34)n2)CC1. The van der Waals surface area contributed by atoms with Gasteiger partial charge in [0.15, 0.2) is 17.2 Å². The molecule has 4 heterocycles. The van der Waals surface area contributed by atoms with Gasteiger partial charge in [-0.15, -0.1) is 0 Å². The van der Waals surface area contributed by atoms with Crippen molar-refractivity contribution >= 4 is 17.4 Å². The van der Waals surface area contributed by atoms with Crippen molar-refractivity contribution in [1.29, 1.82) is 0 Å². The van der Waals surface area contributed by atoms with Gasteiger partial charge in [-0.1, -0.05) is 0 Å². The molecular weight excluding hydrogens is 387 g/mol. The number of nitrogens with zero attached hydrogens (tertiary/aromatic N) is 6. The monoisotopic (exact) mass is 405 g/mol. The molecule has 0 bridgehead atoms. The van der Waals surface area contributed by atoms with Crippen molar-refractivity contribution < 1.29 is 18.0 Å². The Kier molecular flexibility index (Phi) is 4.81. The minimum atomic E-state index is -4.56. The van der Waals surface area contributed by atoms with Crippen LogP contribution in [0.25, 0.3) is 17.2 Å². The first-order chi connectivity index (χ1) is 13.8. The molecular formula is C18H18F3N7O. The van der Waals surface area contributed by atoms with Gasteiger partial charge < -0.3 is 10.6 Å². The summed E-state index contributed by atoms with van der Waals surface area (Å²) < 4.78 is 40.3. The van der Waals surface area contributed by atoms with E-state index in [9.17, 15) is 18.0 Å². The molecule has 1 amide bonds. The van der Waals surface area contributed by atoms with E-state index >= 15 is 0 Å². The van der Waals surface area contributed by atoms with Crippen LogP contribution >= 0.6 is 0 Å². The predicted octanol–water partition coefficient (Wildman–Crippen LogP) is 2.30. The van der Waals surface area contributed by atoms with Crippen LogP contribution < -0.4 is 10.6 Å². The van der Waals surface area contributed by atoms with E-state index in [1.807, 2.05) is 0 Å². The highest BCUT2D eigenvalue weighted by Gasteiger charge is 2.33. The zero-order valence-corrected chi connectivity index (χ0v) is 15.3. The number of nitrogens with two attached hydrogens (primary N) is 1. The molecule has 11 heteroatoms. The lowest BCUT2D eigenvalue weighted by atomic mass is 9.93. The second kappa shape index (κ2) is 7.30. The number of aromatic nitrogens is 5. The third-order valence-corrected chi connectivity index (χ3v) is 4.98. The van der Waals surface area contributed by atoms with E-state index in [4.69, 9.17) is 5.73 Å². The Morgan fingerprint density at radius 3 is 2.62 bits per heavy atom. The summed E-state index contributed by atoms with van der Waals surface area (Å²) in [5.74, 6) is 0.909. The maximum absolute atomic E-state index is 13.0. The summed E-state index contributed by atoms with van der Waals surface area (Å²) in [6.45, 7) is 1.42. The molecule has 0 aromatic carbocycles. The molecule has 0 atom stereocenters. The van der Waals surface area contributed by atoms with Crippen LogP contribution in [0.4, 0.5) is 19.0 Å². The lowest BCUT2D eigenvalue weighted by Gasteiger charge is -2.32. The molecule has 0 aliphatic carbocycles. The number of primary amides is 1. The molecule has 0 saturated carbocycles. The van der Waals surface area contributed by atoms with Crippen molar-refractivity contribution in [1.82, 2.24) is 24.3 Å². The van der Waals surface area contributed by atoms with E-state index in [1.165, 1.54) is 10.6 Å². The van der Waals surface area contributed by atoms with Gasteiger partial charge in [0.1, 0.15) is 11.5 Å². The van der Waals surface area contributed by atoms with Crippen molar-refractivity contribution in [3.05, 3.63) is 36.5 Å². The van der Waals surface area contributed by atoms with Crippen LogP contribution in [0.3, 0.4) is 0 Å². The lowest BCUT2D eigenvalue weighted by Crippen LogP contribution is -2.35. The van der Waals surface area contributed by atoms with Gasteiger partial charge in [-0.2, -0.15) is 13.2 Å². The molecule has 0 unspecified atom stereocenters. The highest BCUT2D eigenvalue weighted by molar-refractivity contribution is 5.74. The van der Waals surface area contributed by atoms with Gasteiger partial charge in [-0.05, 0) is 24.8 Å². The zero-order valence-electron chi connectivity index (χ0n) is 15.3. The molecule has 1 aliphatic rings. The Balaban J connectivity index is 1.60. The minimum absolute atomic E-state index is 0.261. The smallest absolute Gasteiger partial charge is 0.370 e. The Morgan fingerprint density at radius 2 is 1.93 bits per heavy atom. The summed E-state index contributed by atoms with van der Waals surface area (Å²) in [5.41, 5.74) is 4.87. The number of piperidine rings is 1. The topological polar surface area (TPSA) is 102 Å². The van der Waals surface area contributed by atoms with Crippen molar-refractivity contribution in [2.75, 3.05) is 18.0 Å². The van der Waals surface area contributed by atoms with E-state index in [0.717, 1.165) is 25.2 Å². The molecule has 2 N–H and O–H groups in total. The van der Waals surface area contributed by atoms with Crippen LogP contribution in [0, 0.1) is 5.92 Å². The van der Waals surface area contributed by atoms with Crippen LogP contribution in [-0.2, 0) is 11.0 Å². The average Bonchev–Trinajstić information content (AvgIpc) is 3.11. The van der Waals surface area contributed by atoms with E-state index < -0.39 is 11.9 Å². The van der Waals surface area contributed by atoms with Crippen LogP contribution in [-0.4, -0.2) is 43.3 Å². The van der Waals surface area contributed by atoms with Gasteiger partial charge in [0.2, 0.25) is 5.91 Å². The van der Waals surface area contributed by atoms with Gasteiger partial charge in [0.25, 0.3) is 0 Å². The number of carbonyl (C=O) groups is 1. The third-order valence-electron chi connectivity index (χ3n) is 4.98. The first kappa shape index (κ1) is 19.1. The van der Waals surface area contributed by atoms with E-state index in [2.05, 4.69) is 24.8 Å². The molecule has 29 heavy (non-hydrogen) atoms. The van der Waals surface area contributed by atoms with E-state index in [0.29, 0.717) is 31.0 Å². The van der Waals surface area contributed by atoms with Gasteiger partial charge in [-0.3, -0.25) is 9.20 Å². The number of rotatable bonds is 4. The fraction of sp³-hybridized carbons (Fsp3) is 0.389. The second-order valence-electron chi connectivity index (χ2n) is 6.98. The summed E-state index contributed by atoms with van der Waals surface area (Å²) >= 11 is 0. The summed E-state index contributed by atoms with van der Waals surface area (Å²) in [4.78, 5) is 29.4. The number of hydrogen-bond donors (Lipinski definition) is 1. The number of amides is 1. The molecule has 8 nitrogen and oxygen atoms in total. The van der Waals surface area contributed by atoms with Gasteiger partial charge in [-0.25, -0.2) is 19.9 Å². The number of hydrogen-bond acceptors (Lipinski definition) is 6. The number of carbonyl (C=O) groups excluding carboxylic acids is 1. The van der Waals surface area contributed by atoms with Gasteiger partial charge in [0.05, 0.1) is 12.4 Å². The maximum Gasteiger partial charge on any atom is 0.434 e. The van der Waals surface area contributed by atoms with Crippen molar-refractivity contribution in [2.45, 2.75) is 25.4 Å². The number of halogens is 3. The molecule has 4 rings (SSSR count). The normalized spacial score (nSPS) is 15.8. The van der Waals surface area contributed by atoms with Gasteiger partial charge >= 0.3 is 6.18 Å². The molecule has 1 aliphatic heterocycles. The standard InChI is InChI=1S/C18H18F3N7O/c19-18(20,21)13-10-28-12(8-25-16(28)9-24-13)17-23-4-1-15(26-17)27-5-2-11(3-6-27)7-14(22)29/h1,4,8-11H,2-3,5-7H2,(H2,22,29). The van der Waals surface area contributed by atoms with Crippen molar-refractivity contribution in [2.24, 2.45) is 11.7 Å². The molecule has 0 spiro atoms. The minimum Gasteiger partial charge on any atom is -0.370 e. The van der Waals surface area contributed by atoms with Crippen LogP contribution in [0.15, 0.2) is 30.9 Å². The average molecular weight is 405 g/mol. The van der Waals surface area contributed by atoms with Crippen molar-refractivity contribution in [3.8, 4) is 11.5 Å². The Bertz CT molecular complexity index is 1040. The van der Waals surface area contributed by atoms with Crippen molar-refractivity contribution in [3.63, 3.8) is 0 Å². The third kappa shape index (κ3) is 3.98. The first-order valence-electron chi connectivity index (χ1n) is 9.08. The molecule has 1 fully saturated rings. The summed E-state index contributed by atoms with van der Waals surface area (Å²) in [7, 11) is 0. The first-order valence-corrected chi connectivity index (χ1v) is 9.08. The maximum atomic E-state index is 13.0. The second-order valence-corrected chi connectivity index (χ2v) is 6.98. The summed E-state index contributed by atoms with van der Waals surface area (Å²) in [6.07, 6.45) is 2.40. The van der Waals surface area contributed by atoms with Gasteiger partial charge in [0, 0.05) is 31.9 Å². The molecule has 1 saturated heterocycles. The van der Waals surface area contributed by atoms with E-state index in [-0.39, 0.29) is 23.3 Å². The Morgan fingerprint density at radius 1 is 1.17 bits per heavy atom. The lowest BCUT2D eigenvalue weighted by molar-refractivity contribution is -0.141. The largest absolute Gasteiger partial charge is 0.434 e. The fourth-order valence-electron chi connectivity index (χ4n) is 3.50. The predicted molar refractivity (Wildman–Crippen MR) is 97.8 cm³/mol. The van der Waals surface area contributed by atoms with E-state index in [1.54, 1.807) is 12.3 Å². The zero-order chi connectivity index (χ0) is 20.6. The molecule has 3 aromatic heterocycles. The summed E-state index contributed by atoms with van der Waals surface area (Å²) in [6, 6.07) is 1.75. The Hall–Kier alpha value is -3.24. The number of fused-ring (bicyclic) bond motifs is 1. The molecule has 152 valence electrons. The Labute approximate surface area is 163 Å². The quantitative estimate of drug-likeness (QED) is 0.715. The fourth-order valence-corrected chi connectivity index (χ4v) is 3.50. The number of alkyl halides is 3. The van der Waals surface area contributed by atoms with Crippen LogP contribution in [0.5, 0.6) is 0 Å². The molecule has 3 aromatic rings. The molecule has 0 radical (unpaired) electrons. The number of imidazole rings is 1. The highest BCUT2D eigenvalue weighted by atomic mass is 19.4. The summed E-state index contributed by atoms with van der Waals surface area (Å²) in [5, 5.41) is 0. The van der Waals surface area contributed by atoms with Crippen LogP contribution in [0.2, 0.25) is 0 Å². The van der Waals surface area contributed by atoms with Crippen LogP contribution in [0.1, 0.15) is 25.0 Å².